The highest BCUT2D eigenvalue weighted by Gasteiger charge is 2.18. The van der Waals surface area contributed by atoms with Crippen LogP contribution in [0.25, 0.3) is 0 Å². The van der Waals surface area contributed by atoms with E-state index in [1.165, 1.54) is 5.56 Å². The van der Waals surface area contributed by atoms with Gasteiger partial charge in [0.2, 0.25) is 0 Å². The van der Waals surface area contributed by atoms with Gasteiger partial charge >= 0.3 is 0 Å². The Morgan fingerprint density at radius 1 is 1.07 bits per heavy atom. The van der Waals surface area contributed by atoms with Crippen molar-refractivity contribution >= 4 is 29.9 Å². The van der Waals surface area contributed by atoms with Crippen LogP contribution >= 0.6 is 24.0 Å². The minimum Gasteiger partial charge on any atom is -0.377 e. The quantitative estimate of drug-likeness (QED) is 0.333. The van der Waals surface area contributed by atoms with E-state index >= 15 is 0 Å². The van der Waals surface area contributed by atoms with Crippen LogP contribution in [0.15, 0.2) is 35.3 Å². The summed E-state index contributed by atoms with van der Waals surface area (Å²) in [5, 5.41) is 6.71. The maximum absolute atomic E-state index is 5.43. The zero-order valence-corrected chi connectivity index (χ0v) is 19.5. The van der Waals surface area contributed by atoms with Crippen LogP contribution in [0.3, 0.4) is 0 Å². The number of aliphatic imine (C=N–C) groups is 1. The second-order valence-electron chi connectivity index (χ2n) is 7.42. The molecule has 6 nitrogen and oxygen atoms in total. The zero-order chi connectivity index (χ0) is 18.8. The Morgan fingerprint density at radius 3 is 2.30 bits per heavy atom. The number of guanidine groups is 1. The molecule has 0 aliphatic carbocycles. The van der Waals surface area contributed by atoms with Gasteiger partial charge in [0.25, 0.3) is 0 Å². The van der Waals surface area contributed by atoms with E-state index in [2.05, 4.69) is 69.6 Å². The van der Waals surface area contributed by atoms with Gasteiger partial charge in [-0.15, -0.1) is 24.0 Å². The number of benzene rings is 1. The zero-order valence-electron chi connectivity index (χ0n) is 17.2. The number of methoxy groups -OCH3 is 1. The third-order valence-electron chi connectivity index (χ3n) is 4.89. The lowest BCUT2D eigenvalue weighted by Gasteiger charge is -2.34. The molecule has 0 aromatic heterocycles. The van der Waals surface area contributed by atoms with Crippen LogP contribution in [-0.2, 0) is 11.3 Å². The Kier molecular flexibility index (Phi) is 11.2. The molecular weight excluding hydrogens is 453 g/mol. The van der Waals surface area contributed by atoms with Gasteiger partial charge < -0.3 is 15.4 Å². The van der Waals surface area contributed by atoms with Crippen LogP contribution in [0.2, 0.25) is 0 Å². The van der Waals surface area contributed by atoms with E-state index in [4.69, 9.17) is 4.74 Å². The fourth-order valence-electron chi connectivity index (χ4n) is 2.93. The topological polar surface area (TPSA) is 52.1 Å². The molecule has 1 heterocycles. The van der Waals surface area contributed by atoms with Gasteiger partial charge in [0.1, 0.15) is 0 Å². The summed E-state index contributed by atoms with van der Waals surface area (Å²) in [7, 11) is 3.53. The van der Waals surface area contributed by atoms with Crippen LogP contribution in [0.4, 0.5) is 0 Å². The Bertz CT molecular complexity index is 545. The van der Waals surface area contributed by atoms with Gasteiger partial charge in [0, 0.05) is 66.5 Å². The number of piperazine rings is 1. The van der Waals surface area contributed by atoms with Gasteiger partial charge in [-0.2, -0.15) is 0 Å². The predicted octanol–water partition coefficient (Wildman–Crippen LogP) is 2.01. The highest BCUT2D eigenvalue weighted by molar-refractivity contribution is 14.0. The molecule has 0 atom stereocenters. The van der Waals surface area contributed by atoms with Gasteiger partial charge in [-0.25, -0.2) is 0 Å². The van der Waals surface area contributed by atoms with Crippen molar-refractivity contribution in [2.45, 2.75) is 26.0 Å². The summed E-state index contributed by atoms with van der Waals surface area (Å²) in [6, 6.07) is 10.7. The highest BCUT2D eigenvalue weighted by Crippen LogP contribution is 2.08. The minimum absolute atomic E-state index is 0. The molecule has 2 N–H and O–H groups in total. The Labute approximate surface area is 181 Å². The summed E-state index contributed by atoms with van der Waals surface area (Å²) in [6.45, 7) is 12.3. The third kappa shape index (κ3) is 9.23. The molecule has 0 spiro atoms. The molecule has 1 fully saturated rings. The van der Waals surface area contributed by atoms with Crippen molar-refractivity contribution in [1.29, 1.82) is 0 Å². The smallest absolute Gasteiger partial charge is 0.191 e. The Balaban J connectivity index is 0.00000364. The second-order valence-corrected chi connectivity index (χ2v) is 7.42. The van der Waals surface area contributed by atoms with Gasteiger partial charge in [-0.3, -0.25) is 14.8 Å². The lowest BCUT2D eigenvalue weighted by atomic mass is 10.1. The first kappa shape index (κ1) is 24.1. The van der Waals surface area contributed by atoms with Crippen molar-refractivity contribution < 1.29 is 4.74 Å². The van der Waals surface area contributed by atoms with Gasteiger partial charge in [0.15, 0.2) is 5.96 Å². The SMILES string of the molecule is CN=C(NCCN1CCN(Cc2ccccc2)CC1)NCC(C)(C)OC.I. The summed E-state index contributed by atoms with van der Waals surface area (Å²) in [5.74, 6) is 0.831. The minimum atomic E-state index is -0.202. The molecule has 0 radical (unpaired) electrons. The average molecular weight is 489 g/mol. The van der Waals surface area contributed by atoms with E-state index < -0.39 is 0 Å². The van der Waals surface area contributed by atoms with Crippen LogP contribution in [0.1, 0.15) is 19.4 Å². The molecule has 0 amide bonds. The molecule has 1 aromatic rings. The van der Waals surface area contributed by atoms with Crippen molar-refractivity contribution in [2.75, 3.05) is 60.0 Å². The number of halogens is 1. The first-order valence-electron chi connectivity index (χ1n) is 9.51. The number of rotatable bonds is 8. The number of nitrogens with one attached hydrogen (secondary N) is 2. The van der Waals surface area contributed by atoms with Crippen molar-refractivity contribution in [3.8, 4) is 0 Å². The van der Waals surface area contributed by atoms with Gasteiger partial charge in [-0.1, -0.05) is 30.3 Å². The Morgan fingerprint density at radius 2 is 1.70 bits per heavy atom. The molecule has 0 saturated carbocycles. The van der Waals surface area contributed by atoms with Crippen LogP contribution in [-0.4, -0.2) is 81.3 Å². The first-order chi connectivity index (χ1) is 12.5. The molecule has 154 valence electrons. The van der Waals surface area contributed by atoms with E-state index in [1.807, 2.05) is 0 Å². The lowest BCUT2D eigenvalue weighted by Crippen LogP contribution is -2.50. The van der Waals surface area contributed by atoms with Crippen LogP contribution in [0.5, 0.6) is 0 Å². The fraction of sp³-hybridized carbons (Fsp3) is 0.650. The monoisotopic (exact) mass is 489 g/mol. The second kappa shape index (κ2) is 12.5. The van der Waals surface area contributed by atoms with E-state index in [-0.39, 0.29) is 29.6 Å². The normalized spacial score (nSPS) is 16.7. The van der Waals surface area contributed by atoms with Crippen molar-refractivity contribution in [2.24, 2.45) is 4.99 Å². The maximum atomic E-state index is 5.43. The maximum Gasteiger partial charge on any atom is 0.191 e. The summed E-state index contributed by atoms with van der Waals surface area (Å²) in [6.07, 6.45) is 0. The lowest BCUT2D eigenvalue weighted by molar-refractivity contribution is 0.0268. The first-order valence-corrected chi connectivity index (χ1v) is 9.51. The molecule has 0 unspecified atom stereocenters. The van der Waals surface area contributed by atoms with E-state index in [0.717, 1.165) is 58.3 Å². The molecule has 2 rings (SSSR count). The van der Waals surface area contributed by atoms with Crippen LogP contribution in [0, 0.1) is 0 Å². The summed E-state index contributed by atoms with van der Waals surface area (Å²) in [5.41, 5.74) is 1.20. The van der Waals surface area contributed by atoms with E-state index in [1.54, 1.807) is 14.2 Å². The summed E-state index contributed by atoms with van der Waals surface area (Å²) in [4.78, 5) is 9.33. The standard InChI is InChI=1S/C20H35N5O.HI/c1-20(2,26-4)17-23-19(21-3)22-10-11-24-12-14-25(15-13-24)16-18-8-6-5-7-9-18;/h5-9H,10-17H2,1-4H3,(H2,21,22,23);1H. The predicted molar refractivity (Wildman–Crippen MR) is 124 cm³/mol. The number of nitrogens with zero attached hydrogens (tertiary/aromatic N) is 3. The van der Waals surface area contributed by atoms with Crippen LogP contribution < -0.4 is 10.6 Å². The molecular formula is C20H36IN5O. The number of hydrogen-bond acceptors (Lipinski definition) is 4. The molecule has 1 aromatic carbocycles. The highest BCUT2D eigenvalue weighted by atomic mass is 127. The molecule has 0 bridgehead atoms. The molecule has 1 aliphatic heterocycles. The molecule has 1 saturated heterocycles. The molecule has 27 heavy (non-hydrogen) atoms. The molecule has 1 aliphatic rings. The van der Waals surface area contributed by atoms with E-state index in [0.29, 0.717) is 0 Å². The summed E-state index contributed by atoms with van der Waals surface area (Å²) < 4.78 is 5.43. The average Bonchev–Trinajstić information content (AvgIpc) is 2.66. The number of hydrogen-bond donors (Lipinski definition) is 2. The van der Waals surface area contributed by atoms with Crippen molar-refractivity contribution in [1.82, 2.24) is 20.4 Å². The van der Waals surface area contributed by atoms with Crippen molar-refractivity contribution in [3.63, 3.8) is 0 Å². The van der Waals surface area contributed by atoms with Crippen molar-refractivity contribution in [3.05, 3.63) is 35.9 Å². The number of ether oxygens (including phenoxy) is 1. The summed E-state index contributed by atoms with van der Waals surface area (Å²) >= 11 is 0. The Hall–Kier alpha value is -0.900. The molecule has 7 heteroatoms. The third-order valence-corrected chi connectivity index (χ3v) is 4.89. The largest absolute Gasteiger partial charge is 0.377 e. The van der Waals surface area contributed by atoms with Gasteiger partial charge in [-0.05, 0) is 19.4 Å². The van der Waals surface area contributed by atoms with Gasteiger partial charge in [0.05, 0.1) is 5.60 Å². The fourth-order valence-corrected chi connectivity index (χ4v) is 2.93. The van der Waals surface area contributed by atoms with E-state index in [9.17, 15) is 0 Å².